The van der Waals surface area contributed by atoms with Crippen LogP contribution in [-0.4, -0.2) is 17.6 Å². The van der Waals surface area contributed by atoms with E-state index in [1.807, 2.05) is 56.3 Å². The highest BCUT2D eigenvalue weighted by Gasteiger charge is 2.12. The third-order valence-corrected chi connectivity index (χ3v) is 3.28. The predicted molar refractivity (Wildman–Crippen MR) is 79.7 cm³/mol. The van der Waals surface area contributed by atoms with Gasteiger partial charge in [0, 0.05) is 12.1 Å². The van der Waals surface area contributed by atoms with Crippen molar-refractivity contribution in [3.05, 3.63) is 70.8 Å². The van der Waals surface area contributed by atoms with E-state index in [-0.39, 0.29) is 12.5 Å². The zero-order chi connectivity index (χ0) is 14.5. The molecule has 0 saturated carbocycles. The van der Waals surface area contributed by atoms with Gasteiger partial charge in [-0.2, -0.15) is 0 Å². The number of rotatable bonds is 4. The number of benzene rings is 2. The molecular formula is C17H19NO2. The lowest BCUT2D eigenvalue weighted by atomic mass is 10.0. The average Bonchev–Trinajstić information content (AvgIpc) is 2.45. The van der Waals surface area contributed by atoms with E-state index < -0.39 is 6.10 Å². The van der Waals surface area contributed by atoms with Crippen molar-refractivity contribution in [1.82, 2.24) is 5.32 Å². The Balaban J connectivity index is 1.99. The lowest BCUT2D eigenvalue weighted by Gasteiger charge is -2.14. The number of aryl methyl sites for hydroxylation is 2. The highest BCUT2D eigenvalue weighted by molar-refractivity contribution is 5.94. The van der Waals surface area contributed by atoms with Crippen molar-refractivity contribution in [1.29, 1.82) is 0 Å². The Bertz CT molecular complexity index is 607. The van der Waals surface area contributed by atoms with Gasteiger partial charge in [-0.05, 0) is 37.1 Å². The quantitative estimate of drug-likeness (QED) is 0.896. The molecule has 1 unspecified atom stereocenters. The van der Waals surface area contributed by atoms with Crippen LogP contribution in [0, 0.1) is 13.8 Å². The van der Waals surface area contributed by atoms with Crippen LogP contribution in [0.2, 0.25) is 0 Å². The first kappa shape index (κ1) is 14.3. The number of aliphatic hydroxyl groups is 1. The molecule has 0 aromatic heterocycles. The molecule has 0 fully saturated rings. The second-order valence-electron chi connectivity index (χ2n) is 4.95. The summed E-state index contributed by atoms with van der Waals surface area (Å²) in [6, 6.07) is 15.0. The van der Waals surface area contributed by atoms with Crippen molar-refractivity contribution in [2.24, 2.45) is 0 Å². The molecule has 2 rings (SSSR count). The Labute approximate surface area is 119 Å². The second kappa shape index (κ2) is 6.35. The molecule has 2 aromatic rings. The maximum absolute atomic E-state index is 12.0. The molecule has 2 N–H and O–H groups in total. The Kier molecular flexibility index (Phi) is 4.53. The van der Waals surface area contributed by atoms with Gasteiger partial charge >= 0.3 is 0 Å². The standard InChI is InChI=1S/C17H19NO2/c1-12-6-5-8-14(10-12)17(20)18-11-16(19)15-9-4-3-7-13(15)2/h3-10,16,19H,11H2,1-2H3,(H,18,20). The van der Waals surface area contributed by atoms with Gasteiger partial charge in [0.05, 0.1) is 6.10 Å². The Hall–Kier alpha value is -2.13. The second-order valence-corrected chi connectivity index (χ2v) is 4.95. The molecule has 3 nitrogen and oxygen atoms in total. The SMILES string of the molecule is Cc1cccc(C(=O)NCC(O)c2ccccc2C)c1. The van der Waals surface area contributed by atoms with Crippen molar-refractivity contribution in [3.8, 4) is 0 Å². The smallest absolute Gasteiger partial charge is 0.251 e. The van der Waals surface area contributed by atoms with Gasteiger partial charge in [0.15, 0.2) is 0 Å². The molecule has 0 aliphatic heterocycles. The highest BCUT2D eigenvalue weighted by Crippen LogP contribution is 2.16. The minimum atomic E-state index is -0.690. The van der Waals surface area contributed by atoms with Crippen LogP contribution in [0.25, 0.3) is 0 Å². The number of nitrogens with one attached hydrogen (secondary N) is 1. The molecule has 104 valence electrons. The van der Waals surface area contributed by atoms with Crippen LogP contribution in [0.5, 0.6) is 0 Å². The Morgan fingerprint density at radius 3 is 2.60 bits per heavy atom. The zero-order valence-electron chi connectivity index (χ0n) is 11.8. The lowest BCUT2D eigenvalue weighted by molar-refractivity contribution is 0.0916. The van der Waals surface area contributed by atoms with E-state index in [2.05, 4.69) is 5.32 Å². The summed E-state index contributed by atoms with van der Waals surface area (Å²) in [5.74, 6) is -0.165. The van der Waals surface area contributed by atoms with E-state index in [0.29, 0.717) is 5.56 Å². The van der Waals surface area contributed by atoms with Crippen LogP contribution in [0.3, 0.4) is 0 Å². The number of carbonyl (C=O) groups is 1. The van der Waals surface area contributed by atoms with Crippen LogP contribution in [0.1, 0.15) is 33.2 Å². The van der Waals surface area contributed by atoms with E-state index in [9.17, 15) is 9.90 Å². The molecule has 1 atom stereocenters. The molecule has 0 radical (unpaired) electrons. The number of aliphatic hydroxyl groups excluding tert-OH is 1. The predicted octanol–water partition coefficient (Wildman–Crippen LogP) is 2.77. The number of hydrogen-bond donors (Lipinski definition) is 2. The fraction of sp³-hybridized carbons (Fsp3) is 0.235. The summed E-state index contributed by atoms with van der Waals surface area (Å²) in [5, 5.41) is 12.9. The van der Waals surface area contributed by atoms with Gasteiger partial charge in [-0.3, -0.25) is 4.79 Å². The Morgan fingerprint density at radius 2 is 1.90 bits per heavy atom. The van der Waals surface area contributed by atoms with Crippen LogP contribution < -0.4 is 5.32 Å². The summed E-state index contributed by atoms with van der Waals surface area (Å²) < 4.78 is 0. The molecule has 0 spiro atoms. The average molecular weight is 269 g/mol. The van der Waals surface area contributed by atoms with Gasteiger partial charge in [-0.15, -0.1) is 0 Å². The highest BCUT2D eigenvalue weighted by atomic mass is 16.3. The minimum Gasteiger partial charge on any atom is -0.387 e. The lowest BCUT2D eigenvalue weighted by Crippen LogP contribution is -2.28. The van der Waals surface area contributed by atoms with Gasteiger partial charge in [-0.1, -0.05) is 42.0 Å². The molecule has 0 saturated heterocycles. The summed E-state index contributed by atoms with van der Waals surface area (Å²) in [5.41, 5.74) is 3.51. The van der Waals surface area contributed by atoms with Gasteiger partial charge in [0.2, 0.25) is 0 Å². The Morgan fingerprint density at radius 1 is 1.15 bits per heavy atom. The van der Waals surface area contributed by atoms with Gasteiger partial charge in [-0.25, -0.2) is 0 Å². The van der Waals surface area contributed by atoms with E-state index >= 15 is 0 Å². The van der Waals surface area contributed by atoms with Crippen molar-refractivity contribution in [3.63, 3.8) is 0 Å². The van der Waals surface area contributed by atoms with E-state index in [4.69, 9.17) is 0 Å². The van der Waals surface area contributed by atoms with Crippen molar-refractivity contribution < 1.29 is 9.90 Å². The van der Waals surface area contributed by atoms with Gasteiger partial charge in [0.1, 0.15) is 0 Å². The zero-order valence-corrected chi connectivity index (χ0v) is 11.8. The maximum atomic E-state index is 12.0. The third kappa shape index (κ3) is 3.45. The summed E-state index contributed by atoms with van der Waals surface area (Å²) in [6.07, 6.45) is -0.690. The van der Waals surface area contributed by atoms with Crippen LogP contribution >= 0.6 is 0 Å². The van der Waals surface area contributed by atoms with Crippen LogP contribution in [-0.2, 0) is 0 Å². The summed E-state index contributed by atoms with van der Waals surface area (Å²) in [6.45, 7) is 4.09. The van der Waals surface area contributed by atoms with E-state index in [1.165, 1.54) is 0 Å². The number of hydrogen-bond acceptors (Lipinski definition) is 2. The van der Waals surface area contributed by atoms with Crippen molar-refractivity contribution in [2.75, 3.05) is 6.54 Å². The topological polar surface area (TPSA) is 49.3 Å². The molecule has 0 heterocycles. The van der Waals surface area contributed by atoms with Crippen LogP contribution in [0.4, 0.5) is 0 Å². The minimum absolute atomic E-state index is 0.165. The fourth-order valence-corrected chi connectivity index (χ4v) is 2.15. The first-order valence-corrected chi connectivity index (χ1v) is 6.66. The summed E-state index contributed by atoms with van der Waals surface area (Å²) in [7, 11) is 0. The van der Waals surface area contributed by atoms with Crippen molar-refractivity contribution >= 4 is 5.91 Å². The molecule has 1 amide bonds. The fourth-order valence-electron chi connectivity index (χ4n) is 2.15. The molecule has 0 aliphatic carbocycles. The van der Waals surface area contributed by atoms with E-state index in [1.54, 1.807) is 6.07 Å². The molecule has 20 heavy (non-hydrogen) atoms. The normalized spacial score (nSPS) is 11.9. The first-order chi connectivity index (χ1) is 9.58. The van der Waals surface area contributed by atoms with E-state index in [0.717, 1.165) is 16.7 Å². The molecule has 0 aliphatic rings. The molecule has 0 bridgehead atoms. The maximum Gasteiger partial charge on any atom is 0.251 e. The third-order valence-electron chi connectivity index (χ3n) is 3.28. The summed E-state index contributed by atoms with van der Waals surface area (Å²) in [4.78, 5) is 12.0. The number of carbonyl (C=O) groups excluding carboxylic acids is 1. The monoisotopic (exact) mass is 269 g/mol. The largest absolute Gasteiger partial charge is 0.387 e. The molecular weight excluding hydrogens is 250 g/mol. The molecule has 2 aromatic carbocycles. The summed E-state index contributed by atoms with van der Waals surface area (Å²) >= 11 is 0. The molecule has 3 heteroatoms. The van der Waals surface area contributed by atoms with Gasteiger partial charge < -0.3 is 10.4 Å². The van der Waals surface area contributed by atoms with Crippen molar-refractivity contribution in [2.45, 2.75) is 20.0 Å². The number of amides is 1. The van der Waals surface area contributed by atoms with Crippen LogP contribution in [0.15, 0.2) is 48.5 Å². The first-order valence-electron chi connectivity index (χ1n) is 6.66. The van der Waals surface area contributed by atoms with Gasteiger partial charge in [0.25, 0.3) is 5.91 Å².